The summed E-state index contributed by atoms with van der Waals surface area (Å²) in [4.78, 5) is 0. The molecule has 1 heteroatoms. The Kier molecular flexibility index (Phi) is 9.76. The van der Waals surface area contributed by atoms with Gasteiger partial charge in [-0.1, -0.05) is 114 Å². The van der Waals surface area contributed by atoms with Crippen molar-refractivity contribution < 1.29 is 18.9 Å². The molecule has 3 unspecified atom stereocenters. The van der Waals surface area contributed by atoms with Crippen molar-refractivity contribution >= 4 is 0 Å². The summed E-state index contributed by atoms with van der Waals surface area (Å²) in [5.74, 6) is 2.16. The summed E-state index contributed by atoms with van der Waals surface area (Å²) in [5.41, 5.74) is 4.44. The Morgan fingerprint density at radius 2 is 1.16 bits per heavy atom. The van der Waals surface area contributed by atoms with Crippen LogP contribution in [0.3, 0.4) is 0 Å². The van der Waals surface area contributed by atoms with Gasteiger partial charge in [0.1, 0.15) is 0 Å². The average molecular weight is 419 g/mol. The molecule has 0 aromatic heterocycles. The fourth-order valence-corrected chi connectivity index (χ4v) is 5.42. The van der Waals surface area contributed by atoms with Crippen molar-refractivity contribution in [3.05, 3.63) is 114 Å². The summed E-state index contributed by atoms with van der Waals surface area (Å²) >= 11 is 0. The SMILES string of the molecule is CCC(C)CC(C)(CC(C)(C[C-](C)c1ccccc1)c1ccccc1)c1ccccc1.[Li+]. The molecule has 0 amide bonds. The molecule has 0 saturated heterocycles. The molecule has 0 nitrogen and oxygen atoms in total. The van der Waals surface area contributed by atoms with Gasteiger partial charge in [0.05, 0.1) is 0 Å². The van der Waals surface area contributed by atoms with Crippen LogP contribution in [0.15, 0.2) is 91.0 Å². The third-order valence-corrected chi connectivity index (χ3v) is 7.14. The number of benzene rings is 3. The Labute approximate surface area is 209 Å². The molecular weight excluding hydrogens is 379 g/mol. The second kappa shape index (κ2) is 11.8. The van der Waals surface area contributed by atoms with E-state index >= 15 is 0 Å². The van der Waals surface area contributed by atoms with E-state index in [0.29, 0.717) is 5.92 Å². The van der Waals surface area contributed by atoms with Gasteiger partial charge in [0, 0.05) is 0 Å². The van der Waals surface area contributed by atoms with Gasteiger partial charge in [-0.15, -0.1) is 12.1 Å². The van der Waals surface area contributed by atoms with E-state index in [-0.39, 0.29) is 29.7 Å². The quantitative estimate of drug-likeness (QED) is 0.290. The topological polar surface area (TPSA) is 0 Å². The van der Waals surface area contributed by atoms with Gasteiger partial charge in [-0.2, -0.15) is 23.6 Å². The van der Waals surface area contributed by atoms with Gasteiger partial charge < -0.3 is 0 Å². The molecule has 164 valence electrons. The molecule has 3 atom stereocenters. The third-order valence-electron chi connectivity index (χ3n) is 7.14. The number of rotatable bonds is 10. The van der Waals surface area contributed by atoms with Crippen molar-refractivity contribution in [2.75, 3.05) is 0 Å². The van der Waals surface area contributed by atoms with E-state index in [9.17, 15) is 0 Å². The molecule has 3 aromatic rings. The first kappa shape index (κ1) is 26.4. The van der Waals surface area contributed by atoms with Crippen molar-refractivity contribution in [3.63, 3.8) is 0 Å². The van der Waals surface area contributed by atoms with E-state index in [1.54, 1.807) is 0 Å². The molecule has 0 spiro atoms. The van der Waals surface area contributed by atoms with E-state index in [1.807, 2.05) is 0 Å². The van der Waals surface area contributed by atoms with Crippen molar-refractivity contribution in [3.8, 4) is 0 Å². The summed E-state index contributed by atoms with van der Waals surface area (Å²) in [6, 6.07) is 33.3. The van der Waals surface area contributed by atoms with Gasteiger partial charge in [0.15, 0.2) is 0 Å². The standard InChI is InChI=1S/C31H39.Li/c1-6-25(2)22-30(4,28-18-12-8-13-19-28)24-31(5,29-20-14-9-15-21-29)23-26(3)27-16-10-7-11-17-27;/h7-21,25H,6,22-24H2,1-5H3;/q-1;+1. The molecule has 0 heterocycles. The fraction of sp³-hybridized carbons (Fsp3) is 0.387. The Balaban J connectivity index is 0.00000363. The third kappa shape index (κ3) is 6.57. The van der Waals surface area contributed by atoms with Crippen LogP contribution in [0.2, 0.25) is 0 Å². The summed E-state index contributed by atoms with van der Waals surface area (Å²) in [6.07, 6.45) is 4.62. The monoisotopic (exact) mass is 418 g/mol. The van der Waals surface area contributed by atoms with Crippen molar-refractivity contribution in [1.29, 1.82) is 0 Å². The van der Waals surface area contributed by atoms with Gasteiger partial charge in [0.25, 0.3) is 0 Å². The van der Waals surface area contributed by atoms with E-state index in [1.165, 1.54) is 35.4 Å². The first-order valence-electron chi connectivity index (χ1n) is 11.9. The van der Waals surface area contributed by atoms with Crippen molar-refractivity contribution in [1.82, 2.24) is 0 Å². The fourth-order valence-electron chi connectivity index (χ4n) is 5.42. The molecule has 0 aliphatic carbocycles. The maximum Gasteiger partial charge on any atom is 1.00 e. The van der Waals surface area contributed by atoms with Crippen LogP contribution in [-0.2, 0) is 10.8 Å². The first-order valence-corrected chi connectivity index (χ1v) is 11.9. The van der Waals surface area contributed by atoms with E-state index < -0.39 is 0 Å². The van der Waals surface area contributed by atoms with Crippen LogP contribution in [0.4, 0.5) is 0 Å². The summed E-state index contributed by atoms with van der Waals surface area (Å²) in [6.45, 7) is 12.0. The molecule has 0 aliphatic heterocycles. The minimum atomic E-state index is 0. The van der Waals surface area contributed by atoms with E-state index in [0.717, 1.165) is 12.8 Å². The minimum Gasteiger partial charge on any atom is -0.189 e. The van der Waals surface area contributed by atoms with E-state index in [2.05, 4.69) is 126 Å². The van der Waals surface area contributed by atoms with Crippen molar-refractivity contribution in [2.24, 2.45) is 5.92 Å². The van der Waals surface area contributed by atoms with Crippen LogP contribution in [-0.4, -0.2) is 0 Å². The molecule has 0 fully saturated rings. The van der Waals surface area contributed by atoms with Gasteiger partial charge in [-0.3, -0.25) is 0 Å². The Morgan fingerprint density at radius 1 is 0.719 bits per heavy atom. The largest absolute Gasteiger partial charge is 1.00 e. The predicted octanol–water partition coefficient (Wildman–Crippen LogP) is 5.77. The van der Waals surface area contributed by atoms with Gasteiger partial charge in [0.2, 0.25) is 0 Å². The Morgan fingerprint density at radius 3 is 1.62 bits per heavy atom. The van der Waals surface area contributed by atoms with Gasteiger partial charge >= 0.3 is 18.9 Å². The average Bonchev–Trinajstić information content (AvgIpc) is 2.80. The molecule has 0 bridgehead atoms. The normalized spacial score (nSPS) is 15.7. The summed E-state index contributed by atoms with van der Waals surface area (Å²) < 4.78 is 0. The minimum absolute atomic E-state index is 0. The second-order valence-corrected chi connectivity index (χ2v) is 10.1. The molecule has 3 rings (SSSR count). The first-order chi connectivity index (χ1) is 14.9. The summed E-state index contributed by atoms with van der Waals surface area (Å²) in [5, 5.41) is 0. The molecule has 0 aliphatic rings. The van der Waals surface area contributed by atoms with E-state index in [4.69, 9.17) is 0 Å². The van der Waals surface area contributed by atoms with Crippen LogP contribution < -0.4 is 18.9 Å². The number of hydrogen-bond donors (Lipinski definition) is 0. The Bertz CT molecular complexity index is 905. The van der Waals surface area contributed by atoms with Gasteiger partial charge in [-0.25, -0.2) is 0 Å². The second-order valence-electron chi connectivity index (χ2n) is 10.1. The molecule has 0 saturated carbocycles. The maximum atomic E-state index is 2.49. The van der Waals surface area contributed by atoms with Crippen LogP contribution >= 0.6 is 0 Å². The van der Waals surface area contributed by atoms with Crippen molar-refractivity contribution in [2.45, 2.75) is 71.1 Å². The van der Waals surface area contributed by atoms with Gasteiger partial charge in [-0.05, 0) is 40.7 Å². The van der Waals surface area contributed by atoms with Crippen LogP contribution in [0.25, 0.3) is 0 Å². The zero-order valence-electron chi connectivity index (χ0n) is 21.1. The summed E-state index contributed by atoms with van der Waals surface area (Å²) in [7, 11) is 0. The zero-order valence-corrected chi connectivity index (χ0v) is 21.1. The molecule has 3 aromatic carbocycles. The molecule has 0 N–H and O–H groups in total. The van der Waals surface area contributed by atoms with Crippen LogP contribution in [0.5, 0.6) is 0 Å². The Hall–Kier alpha value is -1.87. The number of hydrogen-bond acceptors (Lipinski definition) is 0. The smallest absolute Gasteiger partial charge is 0.189 e. The van der Waals surface area contributed by atoms with Crippen LogP contribution in [0.1, 0.15) is 77.0 Å². The molecule has 32 heavy (non-hydrogen) atoms. The molecular formula is C31H39Li. The van der Waals surface area contributed by atoms with Crippen LogP contribution in [0, 0.1) is 11.8 Å². The maximum absolute atomic E-state index is 2.49. The molecule has 0 radical (unpaired) electrons. The predicted molar refractivity (Wildman–Crippen MR) is 135 cm³/mol. The zero-order chi connectivity index (χ0) is 22.3.